The lowest BCUT2D eigenvalue weighted by Crippen LogP contribution is -2.31. The highest BCUT2D eigenvalue weighted by molar-refractivity contribution is 5.96. The Bertz CT molecular complexity index is 970. The van der Waals surface area contributed by atoms with Crippen LogP contribution in [0.3, 0.4) is 0 Å². The Morgan fingerprint density at radius 2 is 1.59 bits per heavy atom. The van der Waals surface area contributed by atoms with E-state index in [4.69, 9.17) is 4.74 Å². The van der Waals surface area contributed by atoms with Gasteiger partial charge in [-0.2, -0.15) is 26.3 Å². The van der Waals surface area contributed by atoms with Crippen molar-refractivity contribution in [3.8, 4) is 5.75 Å². The molecule has 0 bridgehead atoms. The topological polar surface area (TPSA) is 58.6 Å². The van der Waals surface area contributed by atoms with Crippen molar-refractivity contribution in [1.82, 2.24) is 5.32 Å². The van der Waals surface area contributed by atoms with E-state index in [0.29, 0.717) is 23.6 Å². The summed E-state index contributed by atoms with van der Waals surface area (Å²) in [6.45, 7) is 0.149. The molecular weight excluding hydrogens is 442 g/mol. The van der Waals surface area contributed by atoms with Gasteiger partial charge < -0.3 is 15.0 Å². The highest BCUT2D eigenvalue weighted by atomic mass is 19.4. The van der Waals surface area contributed by atoms with Crippen LogP contribution in [0.2, 0.25) is 0 Å². The van der Waals surface area contributed by atoms with Crippen molar-refractivity contribution in [2.24, 2.45) is 5.92 Å². The molecule has 0 radical (unpaired) electrons. The van der Waals surface area contributed by atoms with Crippen molar-refractivity contribution in [1.29, 1.82) is 0 Å². The van der Waals surface area contributed by atoms with E-state index in [1.54, 1.807) is 24.3 Å². The zero-order valence-corrected chi connectivity index (χ0v) is 16.7. The number of nitrogens with zero attached hydrogens (tertiary/aromatic N) is 1. The smallest absolute Gasteiger partial charge is 0.416 e. The van der Waals surface area contributed by atoms with Crippen LogP contribution < -0.4 is 15.0 Å². The molecule has 1 aliphatic rings. The molecule has 1 aliphatic heterocycles. The van der Waals surface area contributed by atoms with E-state index < -0.39 is 35.0 Å². The van der Waals surface area contributed by atoms with Gasteiger partial charge in [-0.05, 0) is 42.5 Å². The largest absolute Gasteiger partial charge is 0.497 e. The van der Waals surface area contributed by atoms with Crippen LogP contribution in [0.5, 0.6) is 5.75 Å². The van der Waals surface area contributed by atoms with Gasteiger partial charge in [-0.25, -0.2) is 0 Å². The van der Waals surface area contributed by atoms with E-state index >= 15 is 0 Å². The molecule has 1 heterocycles. The van der Waals surface area contributed by atoms with Gasteiger partial charge in [0.15, 0.2) is 0 Å². The highest BCUT2D eigenvalue weighted by Crippen LogP contribution is 2.36. The maximum absolute atomic E-state index is 13.0. The number of methoxy groups -OCH3 is 1. The van der Waals surface area contributed by atoms with Gasteiger partial charge in [0, 0.05) is 36.7 Å². The lowest BCUT2D eigenvalue weighted by molar-refractivity contribution is -0.143. The summed E-state index contributed by atoms with van der Waals surface area (Å²) in [4.78, 5) is 26.1. The Kier molecular flexibility index (Phi) is 6.38. The number of hydrogen-bond acceptors (Lipinski definition) is 3. The Balaban J connectivity index is 1.69. The van der Waals surface area contributed by atoms with Crippen LogP contribution in [0.15, 0.2) is 42.5 Å². The molecule has 1 fully saturated rings. The molecule has 1 N–H and O–H groups in total. The van der Waals surface area contributed by atoms with Crippen LogP contribution in [0.25, 0.3) is 0 Å². The van der Waals surface area contributed by atoms with Crippen molar-refractivity contribution in [2.75, 3.05) is 25.1 Å². The SMILES string of the molecule is COc1ccc(N2CC(CNC(=O)c3cc(C(F)(F)F)cc(C(F)(F)F)c3)CC2=O)cc1. The van der Waals surface area contributed by atoms with E-state index in [1.807, 2.05) is 0 Å². The molecule has 0 saturated carbocycles. The summed E-state index contributed by atoms with van der Waals surface area (Å²) >= 11 is 0. The molecule has 1 saturated heterocycles. The molecule has 3 rings (SSSR count). The van der Waals surface area contributed by atoms with Crippen molar-refractivity contribution in [3.63, 3.8) is 0 Å². The maximum atomic E-state index is 13.0. The van der Waals surface area contributed by atoms with Crippen LogP contribution in [0, 0.1) is 5.92 Å². The molecule has 2 amide bonds. The highest BCUT2D eigenvalue weighted by Gasteiger charge is 2.38. The van der Waals surface area contributed by atoms with Gasteiger partial charge in [0.25, 0.3) is 5.91 Å². The molecule has 0 aromatic heterocycles. The second-order valence-corrected chi connectivity index (χ2v) is 7.28. The fraction of sp³-hybridized carbons (Fsp3) is 0.333. The second kappa shape index (κ2) is 8.71. The Morgan fingerprint density at radius 1 is 1.03 bits per heavy atom. The van der Waals surface area contributed by atoms with Gasteiger partial charge in [-0.15, -0.1) is 0 Å². The lowest BCUT2D eigenvalue weighted by atomic mass is 10.0. The zero-order chi connectivity index (χ0) is 23.7. The maximum Gasteiger partial charge on any atom is 0.416 e. The van der Waals surface area contributed by atoms with Gasteiger partial charge in [0.2, 0.25) is 5.91 Å². The van der Waals surface area contributed by atoms with Gasteiger partial charge >= 0.3 is 12.4 Å². The summed E-state index contributed by atoms with van der Waals surface area (Å²) in [5.74, 6) is -1.06. The number of rotatable bonds is 5. The Morgan fingerprint density at radius 3 is 2.09 bits per heavy atom. The number of hydrogen-bond donors (Lipinski definition) is 1. The van der Waals surface area contributed by atoms with Crippen LogP contribution in [-0.4, -0.2) is 32.0 Å². The predicted octanol–water partition coefficient (Wildman–Crippen LogP) is 4.52. The number of nitrogens with one attached hydrogen (secondary N) is 1. The van der Waals surface area contributed by atoms with E-state index in [-0.39, 0.29) is 37.4 Å². The Hall–Kier alpha value is -3.24. The van der Waals surface area contributed by atoms with Crippen LogP contribution in [0.4, 0.5) is 32.0 Å². The first-order chi connectivity index (χ1) is 14.9. The van der Waals surface area contributed by atoms with Crippen LogP contribution in [-0.2, 0) is 17.1 Å². The number of carbonyl (C=O) groups excluding carboxylic acids is 2. The van der Waals surface area contributed by atoms with Crippen molar-refractivity contribution in [3.05, 3.63) is 59.2 Å². The Labute approximate surface area is 179 Å². The van der Waals surface area contributed by atoms with E-state index in [1.165, 1.54) is 12.0 Å². The number of halogens is 6. The second-order valence-electron chi connectivity index (χ2n) is 7.28. The summed E-state index contributed by atoms with van der Waals surface area (Å²) < 4.78 is 82.9. The first-order valence-electron chi connectivity index (χ1n) is 9.40. The number of anilines is 1. The van der Waals surface area contributed by atoms with E-state index in [0.717, 1.165) is 0 Å². The molecule has 1 unspecified atom stereocenters. The predicted molar refractivity (Wildman–Crippen MR) is 102 cm³/mol. The normalized spacial score (nSPS) is 16.9. The summed E-state index contributed by atoms with van der Waals surface area (Å²) in [5.41, 5.74) is -3.29. The monoisotopic (exact) mass is 460 g/mol. The van der Waals surface area contributed by atoms with Crippen LogP contribution in [0.1, 0.15) is 27.9 Å². The molecule has 172 valence electrons. The minimum Gasteiger partial charge on any atom is -0.497 e. The molecule has 5 nitrogen and oxygen atoms in total. The van der Waals surface area contributed by atoms with Gasteiger partial charge in [-0.1, -0.05) is 0 Å². The molecule has 11 heteroatoms. The van der Waals surface area contributed by atoms with E-state index in [9.17, 15) is 35.9 Å². The van der Waals surface area contributed by atoms with Gasteiger partial charge in [-0.3, -0.25) is 9.59 Å². The van der Waals surface area contributed by atoms with Crippen molar-refractivity contribution < 1.29 is 40.7 Å². The summed E-state index contributed by atoms with van der Waals surface area (Å²) in [5, 5.41) is 2.34. The third-order valence-corrected chi connectivity index (χ3v) is 4.99. The molecule has 0 spiro atoms. The standard InChI is InChI=1S/C21H18F6N2O3/c1-32-17-4-2-16(3-5-17)29-11-12(6-18(29)30)10-28-19(31)13-7-14(20(22,23)24)9-15(8-13)21(25,26)27/h2-5,7-9,12H,6,10-11H2,1H3,(H,28,31). The minimum absolute atomic E-state index is 0.0425. The van der Waals surface area contributed by atoms with Crippen LogP contribution >= 0.6 is 0 Å². The fourth-order valence-corrected chi connectivity index (χ4v) is 3.36. The quantitative estimate of drug-likeness (QED) is 0.668. The molecule has 1 atom stereocenters. The lowest BCUT2D eigenvalue weighted by Gasteiger charge is -2.18. The molecule has 0 aliphatic carbocycles. The number of alkyl halides is 6. The third-order valence-electron chi connectivity index (χ3n) is 4.99. The first-order valence-corrected chi connectivity index (χ1v) is 9.40. The molecular formula is C21H18F6N2O3. The van der Waals surface area contributed by atoms with Crippen molar-refractivity contribution >= 4 is 17.5 Å². The summed E-state index contributed by atoms with van der Waals surface area (Å²) in [7, 11) is 1.50. The number of ether oxygens (including phenoxy) is 1. The molecule has 2 aromatic carbocycles. The fourth-order valence-electron chi connectivity index (χ4n) is 3.36. The molecule has 32 heavy (non-hydrogen) atoms. The third kappa shape index (κ3) is 5.32. The minimum atomic E-state index is -5.05. The average Bonchev–Trinajstić information content (AvgIpc) is 3.11. The first kappa shape index (κ1) is 23.4. The number of carbonyl (C=O) groups is 2. The van der Waals surface area contributed by atoms with E-state index in [2.05, 4.69) is 5.32 Å². The molecule has 2 aromatic rings. The van der Waals surface area contributed by atoms with Gasteiger partial charge in [0.1, 0.15) is 5.75 Å². The summed E-state index contributed by atoms with van der Waals surface area (Å²) in [6.07, 6.45) is -10.0. The average molecular weight is 460 g/mol. The van der Waals surface area contributed by atoms with Gasteiger partial charge in [0.05, 0.1) is 18.2 Å². The summed E-state index contributed by atoms with van der Waals surface area (Å²) in [6, 6.07) is 7.40. The number of benzene rings is 2. The zero-order valence-electron chi connectivity index (χ0n) is 16.7. The van der Waals surface area contributed by atoms with Crippen molar-refractivity contribution in [2.45, 2.75) is 18.8 Å². The number of amides is 2.